The van der Waals surface area contributed by atoms with E-state index in [1.165, 1.54) is 7.11 Å². The molecule has 0 spiro atoms. The third-order valence-electron chi connectivity index (χ3n) is 4.22. The Morgan fingerprint density at radius 1 is 1.11 bits per heavy atom. The van der Waals surface area contributed by atoms with Crippen LogP contribution in [0.1, 0.15) is 41.3 Å². The van der Waals surface area contributed by atoms with Crippen LogP contribution in [-0.4, -0.2) is 26.8 Å². The summed E-state index contributed by atoms with van der Waals surface area (Å²) in [5.41, 5.74) is 2.12. The monoisotopic (exact) mass is 366 g/mol. The molecule has 1 unspecified atom stereocenters. The van der Waals surface area contributed by atoms with E-state index in [-0.39, 0.29) is 5.92 Å². The lowest BCUT2D eigenvalue weighted by Gasteiger charge is -2.10. The summed E-state index contributed by atoms with van der Waals surface area (Å²) >= 11 is 0. The smallest absolute Gasteiger partial charge is 0.339 e. The molecule has 4 heteroatoms. The number of esters is 1. The highest BCUT2D eigenvalue weighted by atomic mass is 16.5. The van der Waals surface area contributed by atoms with E-state index < -0.39 is 5.97 Å². The highest BCUT2D eigenvalue weighted by molar-refractivity contribution is 5.92. The SMILES string of the molecule is CCC(C#Cc1ccc(OCc2ccccc2)cc1C(=O)OC)CCOC. The Morgan fingerprint density at radius 2 is 1.89 bits per heavy atom. The summed E-state index contributed by atoms with van der Waals surface area (Å²) in [6.07, 6.45) is 1.80. The van der Waals surface area contributed by atoms with Crippen LogP contribution in [0, 0.1) is 17.8 Å². The van der Waals surface area contributed by atoms with Crippen molar-refractivity contribution in [2.45, 2.75) is 26.4 Å². The molecule has 0 fully saturated rings. The molecule has 2 aromatic rings. The minimum atomic E-state index is -0.422. The van der Waals surface area contributed by atoms with E-state index in [0.29, 0.717) is 30.1 Å². The molecule has 0 N–H and O–H groups in total. The molecule has 142 valence electrons. The molecule has 0 aliphatic carbocycles. The third-order valence-corrected chi connectivity index (χ3v) is 4.22. The quantitative estimate of drug-likeness (QED) is 0.511. The fraction of sp³-hybridized carbons (Fsp3) is 0.348. The summed E-state index contributed by atoms with van der Waals surface area (Å²) in [7, 11) is 3.05. The first-order valence-corrected chi connectivity index (χ1v) is 9.07. The number of rotatable bonds is 8. The molecular weight excluding hydrogens is 340 g/mol. The molecule has 0 heterocycles. The second-order valence-corrected chi connectivity index (χ2v) is 6.13. The first kappa shape index (κ1) is 20.5. The van der Waals surface area contributed by atoms with E-state index >= 15 is 0 Å². The standard InChI is InChI=1S/C23H26O4/c1-4-18(14-15-25-2)10-11-20-12-13-21(16-22(20)23(24)26-3)27-17-19-8-6-5-7-9-19/h5-9,12-13,16,18H,4,14-15,17H2,1-3H3. The highest BCUT2D eigenvalue weighted by Crippen LogP contribution is 2.20. The van der Waals surface area contributed by atoms with Crippen LogP contribution < -0.4 is 4.74 Å². The zero-order chi connectivity index (χ0) is 19.5. The summed E-state index contributed by atoms with van der Waals surface area (Å²) in [5.74, 6) is 6.78. The maximum Gasteiger partial charge on any atom is 0.339 e. The molecule has 2 rings (SSSR count). The molecule has 0 amide bonds. The summed E-state index contributed by atoms with van der Waals surface area (Å²) in [5, 5.41) is 0. The Bertz CT molecular complexity index is 787. The van der Waals surface area contributed by atoms with Crippen LogP contribution in [0.15, 0.2) is 48.5 Å². The molecule has 2 aromatic carbocycles. The third kappa shape index (κ3) is 6.47. The van der Waals surface area contributed by atoms with Crippen LogP contribution in [0.3, 0.4) is 0 Å². The normalized spacial score (nSPS) is 11.2. The maximum atomic E-state index is 12.2. The average molecular weight is 366 g/mol. The predicted molar refractivity (Wildman–Crippen MR) is 106 cm³/mol. The van der Waals surface area contributed by atoms with Gasteiger partial charge in [-0.15, -0.1) is 0 Å². The van der Waals surface area contributed by atoms with E-state index in [1.54, 1.807) is 13.2 Å². The molecule has 0 saturated heterocycles. The number of carbonyl (C=O) groups is 1. The predicted octanol–water partition coefficient (Wildman–Crippen LogP) is 4.47. The van der Waals surface area contributed by atoms with E-state index in [9.17, 15) is 4.79 Å². The molecule has 27 heavy (non-hydrogen) atoms. The van der Waals surface area contributed by atoms with Crippen LogP contribution >= 0.6 is 0 Å². The van der Waals surface area contributed by atoms with Gasteiger partial charge in [0, 0.05) is 25.2 Å². The van der Waals surface area contributed by atoms with Crippen LogP contribution in [0.25, 0.3) is 0 Å². The zero-order valence-electron chi connectivity index (χ0n) is 16.2. The molecule has 0 radical (unpaired) electrons. The highest BCUT2D eigenvalue weighted by Gasteiger charge is 2.13. The van der Waals surface area contributed by atoms with Gasteiger partial charge in [0.25, 0.3) is 0 Å². The first-order chi connectivity index (χ1) is 13.2. The van der Waals surface area contributed by atoms with Gasteiger partial charge in [0.1, 0.15) is 12.4 Å². The number of benzene rings is 2. The van der Waals surface area contributed by atoms with E-state index in [4.69, 9.17) is 14.2 Å². The van der Waals surface area contributed by atoms with Crippen molar-refractivity contribution in [2.24, 2.45) is 5.92 Å². The Kier molecular flexibility index (Phi) is 8.41. The molecule has 0 aliphatic heterocycles. The first-order valence-electron chi connectivity index (χ1n) is 9.07. The van der Waals surface area contributed by atoms with E-state index in [1.807, 2.05) is 42.5 Å². The van der Waals surface area contributed by atoms with Gasteiger partial charge in [-0.3, -0.25) is 0 Å². The minimum Gasteiger partial charge on any atom is -0.489 e. The summed E-state index contributed by atoms with van der Waals surface area (Å²) in [6.45, 7) is 3.20. The maximum absolute atomic E-state index is 12.2. The lowest BCUT2D eigenvalue weighted by molar-refractivity contribution is 0.0600. The van der Waals surface area contributed by atoms with Gasteiger partial charge in [-0.25, -0.2) is 4.79 Å². The number of carbonyl (C=O) groups excluding carboxylic acids is 1. The van der Waals surface area contributed by atoms with E-state index in [0.717, 1.165) is 18.4 Å². The van der Waals surface area contributed by atoms with Crippen molar-refractivity contribution in [1.82, 2.24) is 0 Å². The van der Waals surface area contributed by atoms with Crippen molar-refractivity contribution in [3.63, 3.8) is 0 Å². The van der Waals surface area contributed by atoms with Crippen molar-refractivity contribution in [3.05, 3.63) is 65.2 Å². The summed E-state index contributed by atoms with van der Waals surface area (Å²) in [6, 6.07) is 15.2. The van der Waals surface area contributed by atoms with Gasteiger partial charge >= 0.3 is 5.97 Å². The van der Waals surface area contributed by atoms with Crippen molar-refractivity contribution in [2.75, 3.05) is 20.8 Å². The Labute approximate surface area is 161 Å². The topological polar surface area (TPSA) is 44.8 Å². The van der Waals surface area contributed by atoms with Gasteiger partial charge in [0.2, 0.25) is 0 Å². The van der Waals surface area contributed by atoms with Gasteiger partial charge < -0.3 is 14.2 Å². The molecule has 0 aromatic heterocycles. The molecule has 1 atom stereocenters. The Balaban J connectivity index is 2.19. The van der Waals surface area contributed by atoms with Crippen LogP contribution in [0.5, 0.6) is 5.75 Å². The lowest BCUT2D eigenvalue weighted by atomic mass is 10.0. The second-order valence-electron chi connectivity index (χ2n) is 6.13. The molecule has 0 aliphatic rings. The Morgan fingerprint density at radius 3 is 2.56 bits per heavy atom. The van der Waals surface area contributed by atoms with Crippen LogP contribution in [0.4, 0.5) is 0 Å². The van der Waals surface area contributed by atoms with Crippen molar-refractivity contribution in [1.29, 1.82) is 0 Å². The summed E-state index contributed by atoms with van der Waals surface area (Å²) < 4.78 is 15.8. The van der Waals surface area contributed by atoms with Gasteiger partial charge in [0.05, 0.1) is 12.7 Å². The van der Waals surface area contributed by atoms with Crippen LogP contribution in [-0.2, 0) is 16.1 Å². The fourth-order valence-corrected chi connectivity index (χ4v) is 2.56. The molecule has 0 bridgehead atoms. The average Bonchev–Trinajstić information content (AvgIpc) is 2.73. The fourth-order valence-electron chi connectivity index (χ4n) is 2.56. The van der Waals surface area contributed by atoms with Crippen LogP contribution in [0.2, 0.25) is 0 Å². The molecular formula is C23H26O4. The molecule has 4 nitrogen and oxygen atoms in total. The number of ether oxygens (including phenoxy) is 3. The lowest BCUT2D eigenvalue weighted by Crippen LogP contribution is -2.06. The van der Waals surface area contributed by atoms with Gasteiger partial charge in [-0.05, 0) is 36.6 Å². The second kappa shape index (κ2) is 11.1. The van der Waals surface area contributed by atoms with Crippen molar-refractivity contribution in [3.8, 4) is 17.6 Å². The zero-order valence-corrected chi connectivity index (χ0v) is 16.2. The number of hydrogen-bond donors (Lipinski definition) is 0. The number of methoxy groups -OCH3 is 2. The Hall–Kier alpha value is -2.77. The number of hydrogen-bond acceptors (Lipinski definition) is 4. The largest absolute Gasteiger partial charge is 0.489 e. The minimum absolute atomic E-state index is 0.226. The van der Waals surface area contributed by atoms with E-state index in [2.05, 4.69) is 18.8 Å². The van der Waals surface area contributed by atoms with Gasteiger partial charge in [-0.1, -0.05) is 49.1 Å². The van der Waals surface area contributed by atoms with Gasteiger partial charge in [0.15, 0.2) is 0 Å². The van der Waals surface area contributed by atoms with Gasteiger partial charge in [-0.2, -0.15) is 0 Å². The summed E-state index contributed by atoms with van der Waals surface area (Å²) in [4.78, 5) is 12.2. The van der Waals surface area contributed by atoms with Crippen molar-refractivity contribution < 1.29 is 19.0 Å². The molecule has 0 saturated carbocycles. The van der Waals surface area contributed by atoms with Crippen molar-refractivity contribution >= 4 is 5.97 Å².